The summed E-state index contributed by atoms with van der Waals surface area (Å²) in [4.78, 5) is 13.6. The van der Waals surface area contributed by atoms with Gasteiger partial charge in [0, 0.05) is 6.07 Å². The van der Waals surface area contributed by atoms with E-state index in [4.69, 9.17) is 11.6 Å². The summed E-state index contributed by atoms with van der Waals surface area (Å²) in [6, 6.07) is 8.90. The van der Waals surface area contributed by atoms with Gasteiger partial charge in [-0.05, 0) is 18.2 Å². The molecule has 0 unspecified atom stereocenters. The Labute approximate surface area is 90.3 Å². The van der Waals surface area contributed by atoms with Gasteiger partial charge in [-0.2, -0.15) is 0 Å². The van der Waals surface area contributed by atoms with Gasteiger partial charge in [0.25, 0.3) is 0 Å². The van der Waals surface area contributed by atoms with Crippen LogP contribution in [0.15, 0.2) is 41.2 Å². The second kappa shape index (κ2) is 3.87. The Bertz CT molecular complexity index is 530. The highest BCUT2D eigenvalue weighted by Gasteiger charge is 2.09. The fraction of sp³-hybridized carbons (Fsp3) is 0. The lowest BCUT2D eigenvalue weighted by Crippen LogP contribution is -2.04. The molecule has 0 amide bonds. The van der Waals surface area contributed by atoms with E-state index in [9.17, 15) is 9.18 Å². The van der Waals surface area contributed by atoms with E-state index in [0.717, 1.165) is 0 Å². The molecule has 0 spiro atoms. The summed E-state index contributed by atoms with van der Waals surface area (Å²) in [5.41, 5.74) is 0.314. The fourth-order valence-electron chi connectivity index (χ4n) is 1.35. The molecule has 0 saturated heterocycles. The first-order valence-electron chi connectivity index (χ1n) is 4.32. The molecule has 0 aliphatic rings. The lowest BCUT2D eigenvalue weighted by atomic mass is 10.1. The number of benzene rings is 1. The normalized spacial score (nSPS) is 10.3. The molecule has 0 fully saturated rings. The molecule has 0 saturated carbocycles. The molecule has 4 heteroatoms. The van der Waals surface area contributed by atoms with Crippen LogP contribution in [0.4, 0.5) is 4.39 Å². The molecule has 0 aliphatic carbocycles. The van der Waals surface area contributed by atoms with Gasteiger partial charge >= 0.3 is 0 Å². The van der Waals surface area contributed by atoms with Gasteiger partial charge in [0.2, 0.25) is 5.56 Å². The van der Waals surface area contributed by atoms with Gasteiger partial charge in [-0.25, -0.2) is 4.39 Å². The zero-order valence-corrected chi connectivity index (χ0v) is 8.38. The minimum atomic E-state index is -0.454. The van der Waals surface area contributed by atoms with Crippen LogP contribution in [0.3, 0.4) is 0 Å². The summed E-state index contributed by atoms with van der Waals surface area (Å²) in [5, 5.41) is 0.275. The average molecular weight is 224 g/mol. The van der Waals surface area contributed by atoms with Crippen LogP contribution in [-0.2, 0) is 0 Å². The Balaban J connectivity index is 2.69. The van der Waals surface area contributed by atoms with E-state index in [-0.39, 0.29) is 16.1 Å². The van der Waals surface area contributed by atoms with Crippen molar-refractivity contribution in [1.82, 2.24) is 4.98 Å². The first-order chi connectivity index (χ1) is 7.18. The van der Waals surface area contributed by atoms with Gasteiger partial charge in [-0.15, -0.1) is 0 Å². The zero-order chi connectivity index (χ0) is 10.8. The SMILES string of the molecule is O=c1cccc(-c2c(F)cccc2Cl)[nH]1. The number of rotatable bonds is 1. The van der Waals surface area contributed by atoms with E-state index in [0.29, 0.717) is 5.69 Å². The molecule has 2 aromatic rings. The largest absolute Gasteiger partial charge is 0.322 e. The summed E-state index contributed by atoms with van der Waals surface area (Å²) < 4.78 is 13.5. The number of hydrogen-bond donors (Lipinski definition) is 1. The molecule has 1 aromatic carbocycles. The van der Waals surface area contributed by atoms with Crippen LogP contribution in [0.25, 0.3) is 11.3 Å². The van der Waals surface area contributed by atoms with E-state index in [1.807, 2.05) is 0 Å². The van der Waals surface area contributed by atoms with Crippen LogP contribution in [0.2, 0.25) is 5.02 Å². The molecule has 1 heterocycles. The van der Waals surface area contributed by atoms with Crippen molar-refractivity contribution in [2.75, 3.05) is 0 Å². The first kappa shape index (κ1) is 9.93. The molecular formula is C11H7ClFNO. The molecule has 0 radical (unpaired) electrons. The maximum absolute atomic E-state index is 13.5. The smallest absolute Gasteiger partial charge is 0.248 e. The van der Waals surface area contributed by atoms with Crippen molar-refractivity contribution in [2.45, 2.75) is 0 Å². The number of nitrogens with one attached hydrogen (secondary N) is 1. The maximum atomic E-state index is 13.5. The van der Waals surface area contributed by atoms with Crippen molar-refractivity contribution >= 4 is 11.6 Å². The molecule has 1 N–H and O–H groups in total. The van der Waals surface area contributed by atoms with Crippen molar-refractivity contribution in [3.8, 4) is 11.3 Å². The van der Waals surface area contributed by atoms with E-state index in [2.05, 4.69) is 4.98 Å². The van der Waals surface area contributed by atoms with E-state index in [1.54, 1.807) is 18.2 Å². The Kier molecular flexibility index (Phi) is 2.56. The number of hydrogen-bond acceptors (Lipinski definition) is 1. The van der Waals surface area contributed by atoms with Crippen LogP contribution in [0.1, 0.15) is 0 Å². The Morgan fingerprint density at radius 1 is 1.13 bits per heavy atom. The third-order valence-electron chi connectivity index (χ3n) is 2.00. The highest BCUT2D eigenvalue weighted by Crippen LogP contribution is 2.27. The highest BCUT2D eigenvalue weighted by atomic mass is 35.5. The minimum Gasteiger partial charge on any atom is -0.322 e. The number of halogens is 2. The van der Waals surface area contributed by atoms with Gasteiger partial charge in [-0.1, -0.05) is 23.7 Å². The van der Waals surface area contributed by atoms with Crippen molar-refractivity contribution in [3.05, 3.63) is 57.6 Å². The lowest BCUT2D eigenvalue weighted by molar-refractivity contribution is 0.631. The zero-order valence-electron chi connectivity index (χ0n) is 7.63. The Morgan fingerprint density at radius 2 is 1.87 bits per heavy atom. The fourth-order valence-corrected chi connectivity index (χ4v) is 1.61. The number of pyridine rings is 1. The molecule has 0 atom stereocenters. The predicted molar refractivity (Wildman–Crippen MR) is 57.5 cm³/mol. The van der Waals surface area contributed by atoms with Crippen molar-refractivity contribution in [3.63, 3.8) is 0 Å². The van der Waals surface area contributed by atoms with Crippen LogP contribution < -0.4 is 5.56 Å². The van der Waals surface area contributed by atoms with Crippen LogP contribution in [-0.4, -0.2) is 4.98 Å². The molecule has 76 valence electrons. The summed E-state index contributed by atoms with van der Waals surface area (Å²) in [5.74, 6) is -0.454. The number of aromatic amines is 1. The van der Waals surface area contributed by atoms with Crippen LogP contribution in [0, 0.1) is 5.82 Å². The first-order valence-corrected chi connectivity index (χ1v) is 4.70. The molecular weight excluding hydrogens is 217 g/mol. The second-order valence-corrected chi connectivity index (χ2v) is 3.43. The Morgan fingerprint density at radius 3 is 2.53 bits per heavy atom. The minimum absolute atomic E-state index is 0.219. The topological polar surface area (TPSA) is 32.9 Å². The predicted octanol–water partition coefficient (Wildman–Crippen LogP) is 2.83. The summed E-state index contributed by atoms with van der Waals surface area (Å²) >= 11 is 5.85. The van der Waals surface area contributed by atoms with Crippen molar-refractivity contribution in [2.24, 2.45) is 0 Å². The highest BCUT2D eigenvalue weighted by molar-refractivity contribution is 6.33. The third-order valence-corrected chi connectivity index (χ3v) is 2.32. The van der Waals surface area contributed by atoms with Crippen molar-refractivity contribution in [1.29, 1.82) is 0 Å². The number of aromatic nitrogens is 1. The molecule has 1 aromatic heterocycles. The van der Waals surface area contributed by atoms with E-state index < -0.39 is 5.82 Å². The van der Waals surface area contributed by atoms with Gasteiger partial charge < -0.3 is 4.98 Å². The standard InChI is InChI=1S/C11H7ClFNO/c12-7-3-1-4-8(13)11(7)9-5-2-6-10(15)14-9/h1-6H,(H,14,15). The molecule has 0 bridgehead atoms. The van der Waals surface area contributed by atoms with Gasteiger partial charge in [0.1, 0.15) is 5.82 Å². The quantitative estimate of drug-likeness (QED) is 0.792. The van der Waals surface area contributed by atoms with E-state index >= 15 is 0 Å². The van der Waals surface area contributed by atoms with Crippen molar-refractivity contribution < 1.29 is 4.39 Å². The van der Waals surface area contributed by atoms with Crippen LogP contribution in [0.5, 0.6) is 0 Å². The summed E-state index contributed by atoms with van der Waals surface area (Å²) in [6.07, 6.45) is 0. The van der Waals surface area contributed by atoms with Crippen LogP contribution >= 0.6 is 11.6 Å². The van der Waals surface area contributed by atoms with Gasteiger partial charge in [0.05, 0.1) is 16.3 Å². The average Bonchev–Trinajstić information content (AvgIpc) is 2.17. The molecule has 0 aliphatic heterocycles. The summed E-state index contributed by atoms with van der Waals surface area (Å²) in [6.45, 7) is 0. The Hall–Kier alpha value is -1.61. The lowest BCUT2D eigenvalue weighted by Gasteiger charge is -2.04. The monoisotopic (exact) mass is 223 g/mol. The van der Waals surface area contributed by atoms with Gasteiger partial charge in [-0.3, -0.25) is 4.79 Å². The number of H-pyrrole nitrogens is 1. The summed E-state index contributed by atoms with van der Waals surface area (Å²) in [7, 11) is 0. The molecule has 2 rings (SSSR count). The molecule has 15 heavy (non-hydrogen) atoms. The van der Waals surface area contributed by atoms with E-state index in [1.165, 1.54) is 18.2 Å². The maximum Gasteiger partial charge on any atom is 0.248 e. The second-order valence-electron chi connectivity index (χ2n) is 3.03. The third kappa shape index (κ3) is 1.92. The van der Waals surface area contributed by atoms with Gasteiger partial charge in [0.15, 0.2) is 0 Å². The molecule has 2 nitrogen and oxygen atoms in total.